The third-order valence-corrected chi connectivity index (χ3v) is 5.45. The Morgan fingerprint density at radius 3 is 2.84 bits per heavy atom. The van der Waals surface area contributed by atoms with Crippen molar-refractivity contribution in [2.75, 3.05) is 13.1 Å². The van der Waals surface area contributed by atoms with Gasteiger partial charge in [0.05, 0.1) is 22.8 Å². The molecule has 158 valence electrons. The summed E-state index contributed by atoms with van der Waals surface area (Å²) in [7, 11) is 1.71. The molecule has 0 unspecified atom stereocenters. The van der Waals surface area contributed by atoms with Gasteiger partial charge < -0.3 is 20.3 Å². The molecule has 2 amide bonds. The zero-order chi connectivity index (χ0) is 21.9. The number of carbonyl (C=O) groups is 2. The first-order chi connectivity index (χ1) is 14.7. The second kappa shape index (κ2) is 6.49. The van der Waals surface area contributed by atoms with E-state index in [1.807, 2.05) is 0 Å². The Labute approximate surface area is 174 Å². The van der Waals surface area contributed by atoms with Gasteiger partial charge in [-0.1, -0.05) is 0 Å². The molecular formula is C20H18FN7O3. The van der Waals surface area contributed by atoms with E-state index in [0.717, 1.165) is 5.39 Å². The molecule has 1 aliphatic heterocycles. The summed E-state index contributed by atoms with van der Waals surface area (Å²) in [6.45, 7) is 2.21. The number of hydrogen-bond donors (Lipinski definition) is 3. The van der Waals surface area contributed by atoms with Crippen molar-refractivity contribution < 1.29 is 19.1 Å². The summed E-state index contributed by atoms with van der Waals surface area (Å²) in [5.41, 5.74) is 2.05. The molecule has 31 heavy (non-hydrogen) atoms. The van der Waals surface area contributed by atoms with Crippen LogP contribution in [0.25, 0.3) is 33.5 Å². The smallest absolute Gasteiger partial charge is 0.407 e. The molecule has 1 fully saturated rings. The van der Waals surface area contributed by atoms with E-state index < -0.39 is 11.6 Å². The zero-order valence-electron chi connectivity index (χ0n) is 16.7. The predicted octanol–water partition coefficient (Wildman–Crippen LogP) is 2.13. The Morgan fingerprint density at radius 2 is 2.10 bits per heavy atom. The number of nitrogens with one attached hydrogen (secondary N) is 2. The topological polar surface area (TPSA) is 129 Å². The average Bonchev–Trinajstić information content (AvgIpc) is 3.26. The summed E-state index contributed by atoms with van der Waals surface area (Å²) >= 11 is 0. The quantitative estimate of drug-likeness (QED) is 0.463. The van der Waals surface area contributed by atoms with Gasteiger partial charge in [0.1, 0.15) is 22.7 Å². The second-order valence-electron chi connectivity index (χ2n) is 7.94. The first kappa shape index (κ1) is 19.0. The minimum atomic E-state index is -1.02. The van der Waals surface area contributed by atoms with Gasteiger partial charge in [-0.15, -0.1) is 0 Å². The van der Waals surface area contributed by atoms with Gasteiger partial charge in [-0.3, -0.25) is 9.48 Å². The van der Waals surface area contributed by atoms with Gasteiger partial charge in [-0.2, -0.15) is 5.10 Å². The van der Waals surface area contributed by atoms with E-state index in [4.69, 9.17) is 5.11 Å². The number of aromatic amines is 1. The Bertz CT molecular complexity index is 1370. The number of hydrogen-bond acceptors (Lipinski definition) is 5. The number of H-pyrrole nitrogens is 1. The SMILES string of the molecule is Cn1nc(-c2cnc3[nH]cc(C(=O)NC4(C)CN(C(=O)O)C4)c3n2)c2ccc(F)cc21. The van der Waals surface area contributed by atoms with Crippen LogP contribution < -0.4 is 5.32 Å². The maximum Gasteiger partial charge on any atom is 0.407 e. The van der Waals surface area contributed by atoms with Crippen LogP contribution in [0.3, 0.4) is 0 Å². The van der Waals surface area contributed by atoms with Gasteiger partial charge in [0.15, 0.2) is 5.65 Å². The predicted molar refractivity (Wildman–Crippen MR) is 109 cm³/mol. The fraction of sp³-hybridized carbons (Fsp3) is 0.250. The normalized spacial score (nSPS) is 15.3. The molecule has 10 nitrogen and oxygen atoms in total. The van der Waals surface area contributed by atoms with Gasteiger partial charge in [-0.05, 0) is 25.1 Å². The van der Waals surface area contributed by atoms with Crippen LogP contribution >= 0.6 is 0 Å². The highest BCUT2D eigenvalue weighted by molar-refractivity contribution is 6.05. The van der Waals surface area contributed by atoms with E-state index in [-0.39, 0.29) is 24.8 Å². The maximum atomic E-state index is 13.6. The summed E-state index contributed by atoms with van der Waals surface area (Å²) in [5.74, 6) is -0.739. The van der Waals surface area contributed by atoms with E-state index in [1.165, 1.54) is 23.2 Å². The van der Waals surface area contributed by atoms with Crippen LogP contribution in [0, 0.1) is 5.82 Å². The molecule has 0 spiro atoms. The van der Waals surface area contributed by atoms with Crippen molar-refractivity contribution in [3.8, 4) is 11.4 Å². The van der Waals surface area contributed by atoms with Crippen LogP contribution in [0.2, 0.25) is 0 Å². The molecule has 4 heterocycles. The zero-order valence-corrected chi connectivity index (χ0v) is 16.7. The minimum absolute atomic E-state index is 0.212. The number of fused-ring (bicyclic) bond motifs is 2. The lowest BCUT2D eigenvalue weighted by molar-refractivity contribution is 0.0462. The van der Waals surface area contributed by atoms with Crippen LogP contribution in [0.15, 0.2) is 30.6 Å². The highest BCUT2D eigenvalue weighted by atomic mass is 19.1. The number of carbonyl (C=O) groups excluding carboxylic acids is 1. The molecule has 3 aromatic heterocycles. The number of halogens is 1. The van der Waals surface area contributed by atoms with Crippen LogP contribution in [0.4, 0.5) is 9.18 Å². The first-order valence-corrected chi connectivity index (χ1v) is 9.51. The summed E-state index contributed by atoms with van der Waals surface area (Å²) in [5, 5.41) is 17.1. The number of amides is 2. The van der Waals surface area contributed by atoms with Gasteiger partial charge in [0.2, 0.25) is 0 Å². The number of aryl methyl sites for hydroxylation is 1. The molecule has 0 bridgehead atoms. The third-order valence-electron chi connectivity index (χ3n) is 5.45. The van der Waals surface area contributed by atoms with Crippen molar-refractivity contribution in [3.63, 3.8) is 0 Å². The molecule has 5 rings (SSSR count). The summed E-state index contributed by atoms with van der Waals surface area (Å²) < 4.78 is 15.2. The van der Waals surface area contributed by atoms with Crippen molar-refractivity contribution in [1.29, 1.82) is 0 Å². The average molecular weight is 423 g/mol. The summed E-state index contributed by atoms with van der Waals surface area (Å²) in [6.07, 6.45) is 2.05. The van der Waals surface area contributed by atoms with Crippen molar-refractivity contribution in [2.24, 2.45) is 7.05 Å². The molecule has 0 saturated carbocycles. The van der Waals surface area contributed by atoms with E-state index >= 15 is 0 Å². The van der Waals surface area contributed by atoms with E-state index in [0.29, 0.717) is 33.6 Å². The molecule has 3 N–H and O–H groups in total. The Balaban J connectivity index is 1.50. The summed E-state index contributed by atoms with van der Waals surface area (Å²) in [4.78, 5) is 37.0. The Hall–Kier alpha value is -4.02. The van der Waals surface area contributed by atoms with Crippen LogP contribution in [-0.2, 0) is 7.05 Å². The molecule has 1 saturated heterocycles. The first-order valence-electron chi connectivity index (χ1n) is 9.51. The number of likely N-dealkylation sites (tertiary alicyclic amines) is 1. The Kier molecular flexibility index (Phi) is 3.97. The fourth-order valence-corrected chi connectivity index (χ4v) is 3.95. The third kappa shape index (κ3) is 3.05. The lowest BCUT2D eigenvalue weighted by Gasteiger charge is -2.46. The fourth-order valence-electron chi connectivity index (χ4n) is 3.95. The molecular weight excluding hydrogens is 405 g/mol. The molecule has 0 radical (unpaired) electrons. The standard InChI is InChI=1S/C20H18FN7O3/c1-20(8-28(9-20)19(30)31)25-18(29)12-6-22-17-16(12)24-13(7-23-17)15-11-4-3-10(21)5-14(11)27(2)26-15/h3-7H,8-9H2,1-2H3,(H,22,23)(H,25,29)(H,30,31). The van der Waals surface area contributed by atoms with Gasteiger partial charge in [0, 0.05) is 31.7 Å². The van der Waals surface area contributed by atoms with Crippen molar-refractivity contribution in [2.45, 2.75) is 12.5 Å². The molecule has 1 aromatic carbocycles. The molecule has 0 aliphatic carbocycles. The van der Waals surface area contributed by atoms with Gasteiger partial charge in [0.25, 0.3) is 5.91 Å². The minimum Gasteiger partial charge on any atom is -0.465 e. The largest absolute Gasteiger partial charge is 0.465 e. The van der Waals surface area contributed by atoms with Gasteiger partial charge in [-0.25, -0.2) is 19.2 Å². The molecule has 1 aliphatic rings. The van der Waals surface area contributed by atoms with E-state index in [2.05, 4.69) is 25.4 Å². The van der Waals surface area contributed by atoms with E-state index in [9.17, 15) is 14.0 Å². The molecule has 4 aromatic rings. The van der Waals surface area contributed by atoms with Gasteiger partial charge >= 0.3 is 6.09 Å². The number of rotatable bonds is 3. The van der Waals surface area contributed by atoms with Crippen molar-refractivity contribution in [1.82, 2.24) is 34.9 Å². The van der Waals surface area contributed by atoms with Crippen molar-refractivity contribution >= 4 is 34.1 Å². The number of aromatic nitrogens is 5. The highest BCUT2D eigenvalue weighted by Gasteiger charge is 2.43. The monoisotopic (exact) mass is 423 g/mol. The lowest BCUT2D eigenvalue weighted by Crippen LogP contribution is -2.69. The van der Waals surface area contributed by atoms with E-state index in [1.54, 1.807) is 30.9 Å². The number of benzene rings is 1. The number of carboxylic acid groups (broad SMARTS) is 1. The highest BCUT2D eigenvalue weighted by Crippen LogP contribution is 2.28. The lowest BCUT2D eigenvalue weighted by atomic mass is 9.92. The molecule has 11 heteroatoms. The van der Waals surface area contributed by atoms with Crippen LogP contribution in [0.5, 0.6) is 0 Å². The Morgan fingerprint density at radius 1 is 1.32 bits per heavy atom. The number of nitrogens with zero attached hydrogens (tertiary/aromatic N) is 5. The summed E-state index contributed by atoms with van der Waals surface area (Å²) in [6, 6.07) is 4.39. The second-order valence-corrected chi connectivity index (χ2v) is 7.94. The van der Waals surface area contributed by atoms with Crippen LogP contribution in [0.1, 0.15) is 17.3 Å². The van der Waals surface area contributed by atoms with Crippen molar-refractivity contribution in [3.05, 3.63) is 42.0 Å². The maximum absolute atomic E-state index is 13.6. The van der Waals surface area contributed by atoms with Crippen LogP contribution in [-0.4, -0.2) is 65.4 Å². The molecule has 0 atom stereocenters.